The Bertz CT molecular complexity index is 999. The second-order valence-electron chi connectivity index (χ2n) is 6.77. The first-order valence-corrected chi connectivity index (χ1v) is 11.4. The summed E-state index contributed by atoms with van der Waals surface area (Å²) in [6, 6.07) is 4.80. The zero-order valence-electron chi connectivity index (χ0n) is 15.1. The van der Waals surface area contributed by atoms with E-state index in [1.807, 2.05) is 0 Å². The molecule has 0 saturated carbocycles. The van der Waals surface area contributed by atoms with Crippen molar-refractivity contribution in [1.29, 1.82) is 0 Å². The monoisotopic (exact) mass is 420 g/mol. The SMILES string of the molecule is O=C(CN1C(=O)CCc2cc(S(=O)(=O)N3CCCC3)ccc21)Nc1nccs1. The molecule has 2 amide bonds. The van der Waals surface area contributed by atoms with Crippen LogP contribution in [0.25, 0.3) is 0 Å². The molecule has 148 valence electrons. The van der Waals surface area contributed by atoms with E-state index in [1.54, 1.807) is 23.7 Å². The summed E-state index contributed by atoms with van der Waals surface area (Å²) in [4.78, 5) is 30.3. The molecule has 1 N–H and O–H groups in total. The molecule has 1 fully saturated rings. The van der Waals surface area contributed by atoms with Crippen molar-refractivity contribution in [3.63, 3.8) is 0 Å². The highest BCUT2D eigenvalue weighted by molar-refractivity contribution is 7.89. The zero-order chi connectivity index (χ0) is 19.7. The summed E-state index contributed by atoms with van der Waals surface area (Å²) in [5.41, 5.74) is 1.35. The van der Waals surface area contributed by atoms with Gasteiger partial charge in [0.1, 0.15) is 6.54 Å². The summed E-state index contributed by atoms with van der Waals surface area (Å²) in [6.07, 6.45) is 4.04. The fourth-order valence-electron chi connectivity index (χ4n) is 3.54. The number of anilines is 2. The molecule has 1 aromatic heterocycles. The van der Waals surface area contributed by atoms with Gasteiger partial charge < -0.3 is 10.2 Å². The number of sulfonamides is 1. The number of aromatic nitrogens is 1. The maximum absolute atomic E-state index is 12.8. The van der Waals surface area contributed by atoms with E-state index in [-0.39, 0.29) is 29.7 Å². The zero-order valence-corrected chi connectivity index (χ0v) is 16.8. The quantitative estimate of drug-likeness (QED) is 0.796. The molecule has 4 rings (SSSR count). The van der Waals surface area contributed by atoms with Crippen molar-refractivity contribution in [2.24, 2.45) is 0 Å². The van der Waals surface area contributed by atoms with Crippen molar-refractivity contribution in [2.45, 2.75) is 30.6 Å². The Hall–Kier alpha value is -2.30. The third-order valence-electron chi connectivity index (χ3n) is 4.93. The van der Waals surface area contributed by atoms with Crippen molar-refractivity contribution in [2.75, 3.05) is 29.9 Å². The predicted octanol–water partition coefficient (Wildman–Crippen LogP) is 1.85. The van der Waals surface area contributed by atoms with Crippen LogP contribution < -0.4 is 10.2 Å². The smallest absolute Gasteiger partial charge is 0.246 e. The Morgan fingerprint density at radius 2 is 2.00 bits per heavy atom. The van der Waals surface area contributed by atoms with E-state index in [0.29, 0.717) is 30.3 Å². The average Bonchev–Trinajstić information content (AvgIpc) is 3.38. The van der Waals surface area contributed by atoms with Crippen LogP contribution in [0.2, 0.25) is 0 Å². The van der Waals surface area contributed by atoms with Gasteiger partial charge in [0.05, 0.1) is 4.90 Å². The molecule has 1 saturated heterocycles. The van der Waals surface area contributed by atoms with Crippen LogP contribution in [0.5, 0.6) is 0 Å². The number of hydrogen-bond acceptors (Lipinski definition) is 6. The van der Waals surface area contributed by atoms with Gasteiger partial charge >= 0.3 is 0 Å². The number of carbonyl (C=O) groups is 2. The molecule has 8 nitrogen and oxygen atoms in total. The number of hydrogen-bond donors (Lipinski definition) is 1. The molecular formula is C18H20N4O4S2. The second kappa shape index (κ2) is 7.61. The minimum atomic E-state index is -3.52. The van der Waals surface area contributed by atoms with Gasteiger partial charge in [-0.25, -0.2) is 13.4 Å². The predicted molar refractivity (Wildman–Crippen MR) is 106 cm³/mol. The molecule has 28 heavy (non-hydrogen) atoms. The molecule has 0 aliphatic carbocycles. The van der Waals surface area contributed by atoms with Gasteiger partial charge in [-0.3, -0.25) is 9.59 Å². The van der Waals surface area contributed by atoms with Gasteiger partial charge in [-0.05, 0) is 43.0 Å². The highest BCUT2D eigenvalue weighted by Crippen LogP contribution is 2.31. The van der Waals surface area contributed by atoms with Crippen LogP contribution >= 0.6 is 11.3 Å². The molecule has 0 spiro atoms. The minimum absolute atomic E-state index is 0.135. The van der Waals surface area contributed by atoms with Gasteiger partial charge in [-0.2, -0.15) is 4.31 Å². The van der Waals surface area contributed by atoms with Crippen molar-refractivity contribution < 1.29 is 18.0 Å². The minimum Gasteiger partial charge on any atom is -0.303 e. The summed E-state index contributed by atoms with van der Waals surface area (Å²) < 4.78 is 27.1. The van der Waals surface area contributed by atoms with Gasteiger partial charge in [-0.15, -0.1) is 11.3 Å². The van der Waals surface area contributed by atoms with Gasteiger partial charge in [-0.1, -0.05) is 0 Å². The number of aryl methyl sites for hydroxylation is 1. The van der Waals surface area contributed by atoms with E-state index in [9.17, 15) is 18.0 Å². The average molecular weight is 421 g/mol. The van der Waals surface area contributed by atoms with Gasteiger partial charge in [0.15, 0.2) is 5.13 Å². The van der Waals surface area contributed by atoms with E-state index in [2.05, 4.69) is 10.3 Å². The Morgan fingerprint density at radius 3 is 2.71 bits per heavy atom. The van der Waals surface area contributed by atoms with Crippen LogP contribution in [0.15, 0.2) is 34.7 Å². The number of nitrogens with one attached hydrogen (secondary N) is 1. The molecule has 0 unspecified atom stereocenters. The fraction of sp³-hybridized carbons (Fsp3) is 0.389. The summed E-state index contributed by atoms with van der Waals surface area (Å²) >= 11 is 1.30. The van der Waals surface area contributed by atoms with Crippen LogP contribution in [0.1, 0.15) is 24.8 Å². The lowest BCUT2D eigenvalue weighted by Crippen LogP contribution is -2.41. The van der Waals surface area contributed by atoms with Gasteiger partial charge in [0.25, 0.3) is 0 Å². The number of carbonyl (C=O) groups excluding carboxylic acids is 2. The highest BCUT2D eigenvalue weighted by atomic mass is 32.2. The number of thiazole rings is 1. The third-order valence-corrected chi connectivity index (χ3v) is 7.52. The van der Waals surface area contributed by atoms with E-state index in [0.717, 1.165) is 18.4 Å². The Kier molecular flexibility index (Phi) is 5.17. The molecule has 2 aliphatic heterocycles. The summed E-state index contributed by atoms with van der Waals surface area (Å²) in [7, 11) is -3.52. The van der Waals surface area contributed by atoms with E-state index in [4.69, 9.17) is 0 Å². The number of rotatable bonds is 5. The molecule has 1 aromatic carbocycles. The fourth-order valence-corrected chi connectivity index (χ4v) is 5.65. The third kappa shape index (κ3) is 3.67. The lowest BCUT2D eigenvalue weighted by Gasteiger charge is -2.29. The molecule has 2 aliphatic rings. The summed E-state index contributed by atoms with van der Waals surface area (Å²) in [5, 5.41) is 4.89. The first kappa shape index (κ1) is 19.0. The highest BCUT2D eigenvalue weighted by Gasteiger charge is 2.31. The van der Waals surface area contributed by atoms with Crippen molar-refractivity contribution in [3.05, 3.63) is 35.3 Å². The Balaban J connectivity index is 1.57. The molecule has 10 heteroatoms. The first-order chi connectivity index (χ1) is 13.4. The maximum Gasteiger partial charge on any atom is 0.246 e. The van der Waals surface area contributed by atoms with E-state index < -0.39 is 10.0 Å². The lowest BCUT2D eigenvalue weighted by atomic mass is 10.0. The van der Waals surface area contributed by atoms with E-state index in [1.165, 1.54) is 26.6 Å². The number of amides is 2. The molecular weight excluding hydrogens is 400 g/mol. The molecule has 0 bridgehead atoms. The van der Waals surface area contributed by atoms with Gasteiger partial charge in [0, 0.05) is 36.8 Å². The summed E-state index contributed by atoms with van der Waals surface area (Å²) in [5.74, 6) is -0.498. The molecule has 0 atom stereocenters. The molecule has 0 radical (unpaired) electrons. The van der Waals surface area contributed by atoms with Gasteiger partial charge in [0.2, 0.25) is 21.8 Å². The maximum atomic E-state index is 12.8. The standard InChI is InChI=1S/C18H20N4O4S2/c23-16(20-18-19-7-10-27-18)12-22-15-5-4-14(11-13(15)3-6-17(22)24)28(25,26)21-8-1-2-9-21/h4-5,7,10-11H,1-3,6,8-9,12H2,(H,19,20,23). The summed E-state index contributed by atoms with van der Waals surface area (Å²) in [6.45, 7) is 0.950. The molecule has 2 aromatic rings. The van der Waals surface area contributed by atoms with Crippen molar-refractivity contribution in [1.82, 2.24) is 9.29 Å². The van der Waals surface area contributed by atoms with Crippen LogP contribution in [-0.4, -0.2) is 49.2 Å². The topological polar surface area (TPSA) is 99.7 Å². The van der Waals surface area contributed by atoms with Crippen molar-refractivity contribution >= 4 is 44.0 Å². The molecule has 3 heterocycles. The lowest BCUT2D eigenvalue weighted by molar-refractivity contribution is -0.121. The number of nitrogens with zero attached hydrogens (tertiary/aromatic N) is 3. The van der Waals surface area contributed by atoms with Crippen LogP contribution in [-0.2, 0) is 26.0 Å². The normalized spacial score (nSPS) is 17.6. The first-order valence-electron chi connectivity index (χ1n) is 9.08. The second-order valence-corrected chi connectivity index (χ2v) is 9.60. The largest absolute Gasteiger partial charge is 0.303 e. The van der Waals surface area contributed by atoms with E-state index >= 15 is 0 Å². The van der Waals surface area contributed by atoms with Crippen LogP contribution in [0.3, 0.4) is 0 Å². The number of benzene rings is 1. The Morgan fingerprint density at radius 1 is 1.21 bits per heavy atom. The Labute approximate surface area is 167 Å². The number of fused-ring (bicyclic) bond motifs is 1. The van der Waals surface area contributed by atoms with Crippen LogP contribution in [0, 0.1) is 0 Å². The van der Waals surface area contributed by atoms with Crippen LogP contribution in [0.4, 0.5) is 10.8 Å². The van der Waals surface area contributed by atoms with Crippen molar-refractivity contribution in [3.8, 4) is 0 Å².